The second-order valence-corrected chi connectivity index (χ2v) is 14.6. The summed E-state index contributed by atoms with van der Waals surface area (Å²) in [7, 11) is 0. The summed E-state index contributed by atoms with van der Waals surface area (Å²) < 4.78 is 12.0. The largest absolute Gasteiger partial charge is 0.463 e. The number of epoxide rings is 1. The summed E-state index contributed by atoms with van der Waals surface area (Å²) in [5.41, 5.74) is 2.68. The van der Waals surface area contributed by atoms with Crippen molar-refractivity contribution in [3.8, 4) is 0 Å². The van der Waals surface area contributed by atoms with Crippen LogP contribution in [0.2, 0.25) is 0 Å². The molecule has 272 valence electrons. The van der Waals surface area contributed by atoms with Crippen LogP contribution in [0, 0.1) is 5.92 Å². The number of rotatable bonds is 26. The van der Waals surface area contributed by atoms with Gasteiger partial charge in [-0.2, -0.15) is 0 Å². The maximum atomic E-state index is 12.4. The molecule has 0 spiro atoms. The van der Waals surface area contributed by atoms with Gasteiger partial charge in [0, 0.05) is 0 Å². The lowest BCUT2D eigenvalue weighted by Gasteiger charge is -2.38. The summed E-state index contributed by atoms with van der Waals surface area (Å²) in [6, 6.07) is 21.3. The normalized spacial score (nSPS) is 16.0. The Labute approximate surface area is 297 Å². The van der Waals surface area contributed by atoms with E-state index in [-0.39, 0.29) is 18.0 Å². The average Bonchev–Trinajstić information content (AvgIpc) is 3.96. The molecule has 1 heterocycles. The zero-order valence-corrected chi connectivity index (χ0v) is 32.1. The van der Waals surface area contributed by atoms with Crippen LogP contribution >= 0.6 is 0 Å². The highest BCUT2D eigenvalue weighted by atomic mass is 16.6. The minimum atomic E-state index is -0.123. The number of benzene rings is 2. The first-order chi connectivity index (χ1) is 23.4. The fourth-order valence-corrected chi connectivity index (χ4v) is 7.14. The van der Waals surface area contributed by atoms with Gasteiger partial charge in [0.15, 0.2) is 0 Å². The SMILES string of the molecule is CCC(CC(CC(C)C(=O)OCC1CO1)c1ccccc1)c1ccccc1.CCCCCC[N+](CC)(CCCCCC)CCCCCC. The summed E-state index contributed by atoms with van der Waals surface area (Å²) in [6.45, 7) is 20.4. The van der Waals surface area contributed by atoms with Gasteiger partial charge in [-0.1, -0.05) is 134 Å². The van der Waals surface area contributed by atoms with E-state index in [1.54, 1.807) is 0 Å². The third-order valence-electron chi connectivity index (χ3n) is 10.6. The number of hydrogen-bond donors (Lipinski definition) is 0. The van der Waals surface area contributed by atoms with Gasteiger partial charge in [0.1, 0.15) is 12.7 Å². The van der Waals surface area contributed by atoms with Gasteiger partial charge in [0.25, 0.3) is 0 Å². The molecule has 1 saturated heterocycles. The Morgan fingerprint density at radius 2 is 1.15 bits per heavy atom. The van der Waals surface area contributed by atoms with E-state index < -0.39 is 0 Å². The molecule has 1 aliphatic heterocycles. The molecule has 4 heteroatoms. The second-order valence-electron chi connectivity index (χ2n) is 14.6. The summed E-state index contributed by atoms with van der Waals surface area (Å²) >= 11 is 0. The predicted octanol–water partition coefficient (Wildman–Crippen LogP) is 11.9. The van der Waals surface area contributed by atoms with Gasteiger partial charge in [-0.25, -0.2) is 0 Å². The monoisotopic (exact) mass is 665 g/mol. The molecule has 48 heavy (non-hydrogen) atoms. The van der Waals surface area contributed by atoms with Crippen molar-refractivity contribution in [3.63, 3.8) is 0 Å². The highest BCUT2D eigenvalue weighted by Crippen LogP contribution is 2.36. The van der Waals surface area contributed by atoms with Crippen molar-refractivity contribution in [2.45, 2.75) is 156 Å². The van der Waals surface area contributed by atoms with Crippen LogP contribution in [0.3, 0.4) is 0 Å². The molecule has 4 atom stereocenters. The molecule has 0 aliphatic carbocycles. The van der Waals surface area contributed by atoms with Gasteiger partial charge in [-0.15, -0.1) is 0 Å². The molecule has 2 aromatic rings. The Balaban J connectivity index is 0.000000347. The van der Waals surface area contributed by atoms with Crippen molar-refractivity contribution in [2.24, 2.45) is 5.92 Å². The lowest BCUT2D eigenvalue weighted by molar-refractivity contribution is -0.927. The number of hydrogen-bond acceptors (Lipinski definition) is 3. The predicted molar refractivity (Wildman–Crippen MR) is 206 cm³/mol. The van der Waals surface area contributed by atoms with Crippen LogP contribution in [0.1, 0.15) is 161 Å². The van der Waals surface area contributed by atoms with Crippen molar-refractivity contribution in [1.29, 1.82) is 0 Å². The number of carbonyl (C=O) groups is 1. The second kappa shape index (κ2) is 25.8. The molecule has 0 amide bonds. The molecular formula is C44H74NO3+. The smallest absolute Gasteiger partial charge is 0.308 e. The van der Waals surface area contributed by atoms with E-state index in [1.807, 2.05) is 13.0 Å². The molecule has 0 saturated carbocycles. The number of esters is 1. The maximum absolute atomic E-state index is 12.4. The van der Waals surface area contributed by atoms with Gasteiger partial charge in [0.2, 0.25) is 0 Å². The van der Waals surface area contributed by atoms with Crippen molar-refractivity contribution < 1.29 is 18.8 Å². The molecule has 1 fully saturated rings. The number of carbonyl (C=O) groups excluding carboxylic acids is 1. The van der Waals surface area contributed by atoms with Crippen LogP contribution in [0.25, 0.3) is 0 Å². The Morgan fingerprint density at radius 3 is 1.54 bits per heavy atom. The minimum absolute atomic E-state index is 0.112. The van der Waals surface area contributed by atoms with Crippen molar-refractivity contribution in [3.05, 3.63) is 71.8 Å². The van der Waals surface area contributed by atoms with Gasteiger partial charge in [-0.05, 0) is 87.7 Å². The molecule has 0 aromatic heterocycles. The van der Waals surface area contributed by atoms with E-state index in [0.717, 1.165) is 19.3 Å². The standard InChI is InChI=1S/C24H30O3.C20H44N/c1-3-19(20-10-6-4-7-11-20)15-22(21-12-8-5-9-13-21)14-18(2)24(25)27-17-23-16-26-23;1-5-9-12-15-18-21(8-4,19-16-13-10-6-2)20-17-14-11-7-3/h4-13,18-19,22-23H,3,14-17H2,1-2H3;5-20H2,1-4H3/q;+1. The van der Waals surface area contributed by atoms with Gasteiger partial charge < -0.3 is 14.0 Å². The lowest BCUT2D eigenvalue weighted by Crippen LogP contribution is -2.50. The lowest BCUT2D eigenvalue weighted by atomic mass is 9.79. The molecule has 0 radical (unpaired) electrons. The summed E-state index contributed by atoms with van der Waals surface area (Å²) in [6.07, 6.45) is 20.1. The third kappa shape index (κ3) is 17.5. The van der Waals surface area contributed by atoms with Crippen LogP contribution in [0.4, 0.5) is 0 Å². The minimum Gasteiger partial charge on any atom is -0.463 e. The third-order valence-corrected chi connectivity index (χ3v) is 10.6. The number of nitrogens with zero attached hydrogens (tertiary/aromatic N) is 1. The van der Waals surface area contributed by atoms with Crippen molar-refractivity contribution >= 4 is 5.97 Å². The fourth-order valence-electron chi connectivity index (χ4n) is 7.14. The van der Waals surface area contributed by atoms with Crippen LogP contribution in [-0.4, -0.2) is 55.9 Å². The average molecular weight is 665 g/mol. The fraction of sp³-hybridized carbons (Fsp3) is 0.705. The summed E-state index contributed by atoms with van der Waals surface area (Å²) in [4.78, 5) is 12.4. The van der Waals surface area contributed by atoms with E-state index in [0.29, 0.717) is 25.0 Å². The topological polar surface area (TPSA) is 38.8 Å². The van der Waals surface area contributed by atoms with Crippen molar-refractivity contribution in [2.75, 3.05) is 39.4 Å². The zero-order chi connectivity index (χ0) is 34.9. The Kier molecular flexibility index (Phi) is 22.5. The van der Waals surface area contributed by atoms with E-state index in [9.17, 15) is 4.79 Å². The Hall–Kier alpha value is -2.17. The van der Waals surface area contributed by atoms with Gasteiger partial charge >= 0.3 is 5.97 Å². The molecule has 3 rings (SSSR count). The number of quaternary nitrogens is 1. The van der Waals surface area contributed by atoms with E-state index in [4.69, 9.17) is 9.47 Å². The zero-order valence-electron chi connectivity index (χ0n) is 32.1. The van der Waals surface area contributed by atoms with Crippen LogP contribution in [0.5, 0.6) is 0 Å². The van der Waals surface area contributed by atoms with E-state index in [1.165, 1.54) is 119 Å². The van der Waals surface area contributed by atoms with Crippen LogP contribution in [-0.2, 0) is 14.3 Å². The van der Waals surface area contributed by atoms with Gasteiger partial charge in [-0.3, -0.25) is 4.79 Å². The first-order valence-electron chi connectivity index (χ1n) is 20.1. The molecule has 4 unspecified atom stereocenters. The molecule has 4 nitrogen and oxygen atoms in total. The van der Waals surface area contributed by atoms with Crippen molar-refractivity contribution in [1.82, 2.24) is 0 Å². The highest BCUT2D eigenvalue weighted by Gasteiger charge is 2.28. The van der Waals surface area contributed by atoms with Gasteiger partial charge in [0.05, 0.1) is 38.7 Å². The summed E-state index contributed by atoms with van der Waals surface area (Å²) in [5.74, 6) is 0.581. The van der Waals surface area contributed by atoms with Crippen LogP contribution in [0.15, 0.2) is 60.7 Å². The highest BCUT2D eigenvalue weighted by molar-refractivity contribution is 5.72. The molecular weight excluding hydrogens is 590 g/mol. The van der Waals surface area contributed by atoms with E-state index in [2.05, 4.69) is 89.2 Å². The van der Waals surface area contributed by atoms with Crippen LogP contribution < -0.4 is 0 Å². The quantitative estimate of drug-likeness (QED) is 0.0435. The summed E-state index contributed by atoms with van der Waals surface area (Å²) in [5, 5.41) is 0. The molecule has 0 N–H and O–H groups in total. The molecule has 1 aliphatic rings. The number of unbranched alkanes of at least 4 members (excludes halogenated alkanes) is 9. The van der Waals surface area contributed by atoms with E-state index >= 15 is 0 Å². The Bertz CT molecular complexity index is 1010. The maximum Gasteiger partial charge on any atom is 0.308 e. The molecule has 0 bridgehead atoms. The first kappa shape index (κ1) is 42.0. The number of ether oxygens (including phenoxy) is 2. The Morgan fingerprint density at radius 1 is 0.688 bits per heavy atom. The molecule has 2 aromatic carbocycles. The first-order valence-corrected chi connectivity index (χ1v) is 20.1.